The van der Waals surface area contributed by atoms with Crippen LogP contribution in [0.4, 0.5) is 0 Å². The van der Waals surface area contributed by atoms with Crippen molar-refractivity contribution >= 4 is 5.78 Å². The van der Waals surface area contributed by atoms with Crippen LogP contribution >= 0.6 is 0 Å². The van der Waals surface area contributed by atoms with Crippen molar-refractivity contribution in [3.8, 4) is 0 Å². The second-order valence-electron chi connectivity index (χ2n) is 5.75. The molecule has 0 saturated heterocycles. The highest BCUT2D eigenvalue weighted by Crippen LogP contribution is 2.60. The van der Waals surface area contributed by atoms with Crippen LogP contribution in [-0.2, 0) is 4.79 Å². The summed E-state index contributed by atoms with van der Waals surface area (Å²) in [5.74, 6) is 3.23. The minimum absolute atomic E-state index is 0.161. The predicted molar refractivity (Wildman–Crippen MR) is 51.3 cm³/mol. The Balaban J connectivity index is 1.95. The first kappa shape index (κ1) is 8.02. The van der Waals surface area contributed by atoms with Crippen LogP contribution in [0.25, 0.3) is 0 Å². The highest BCUT2D eigenvalue weighted by Gasteiger charge is 2.52. The Bertz CT molecular complexity index is 219. The molecule has 0 aliphatic heterocycles. The van der Waals surface area contributed by atoms with Gasteiger partial charge in [0.05, 0.1) is 0 Å². The molecule has 0 spiro atoms. The second kappa shape index (κ2) is 2.37. The molecule has 13 heavy (non-hydrogen) atoms. The van der Waals surface area contributed by atoms with Crippen molar-refractivity contribution < 1.29 is 4.79 Å². The highest BCUT2D eigenvalue weighted by atomic mass is 16.1. The van der Waals surface area contributed by atoms with E-state index in [2.05, 4.69) is 0 Å². The third-order valence-electron chi connectivity index (χ3n) is 4.79. The molecule has 1 nitrogen and oxygen atoms in total. The standard InChI is InChI=1S/C12H18O/c1-8(13)12-5-9-2-10(6-12)4-11(3-9)7-12/h9-11H,2-7H2,1H3/t9-,10+,11-,12-. The van der Waals surface area contributed by atoms with E-state index < -0.39 is 0 Å². The van der Waals surface area contributed by atoms with Crippen molar-refractivity contribution in [2.45, 2.75) is 45.4 Å². The van der Waals surface area contributed by atoms with Gasteiger partial charge in [-0.05, 0) is 63.2 Å². The lowest BCUT2D eigenvalue weighted by Crippen LogP contribution is -2.49. The molecule has 0 atom stereocenters. The average Bonchev–Trinajstić information content (AvgIpc) is 2.00. The first-order valence-corrected chi connectivity index (χ1v) is 5.69. The third kappa shape index (κ3) is 1.02. The fourth-order valence-corrected chi connectivity index (χ4v) is 4.54. The van der Waals surface area contributed by atoms with Crippen molar-refractivity contribution in [1.82, 2.24) is 0 Å². The zero-order valence-electron chi connectivity index (χ0n) is 8.38. The Labute approximate surface area is 79.9 Å². The van der Waals surface area contributed by atoms with Crippen LogP contribution < -0.4 is 0 Å². The van der Waals surface area contributed by atoms with E-state index in [-0.39, 0.29) is 5.41 Å². The molecule has 4 saturated carbocycles. The molecule has 0 heterocycles. The first-order chi connectivity index (χ1) is 6.18. The van der Waals surface area contributed by atoms with Gasteiger partial charge in [-0.2, -0.15) is 0 Å². The Morgan fingerprint density at radius 3 is 1.69 bits per heavy atom. The van der Waals surface area contributed by atoms with E-state index in [0.29, 0.717) is 5.78 Å². The molecule has 0 amide bonds. The van der Waals surface area contributed by atoms with Crippen molar-refractivity contribution in [3.63, 3.8) is 0 Å². The summed E-state index contributed by atoms with van der Waals surface area (Å²) in [6.07, 6.45) is 8.00. The topological polar surface area (TPSA) is 17.1 Å². The molecule has 0 radical (unpaired) electrons. The molecular formula is C12H18O. The predicted octanol–water partition coefficient (Wildman–Crippen LogP) is 2.79. The Kier molecular flexibility index (Phi) is 1.46. The maximum atomic E-state index is 11.7. The fraction of sp³-hybridized carbons (Fsp3) is 0.917. The summed E-state index contributed by atoms with van der Waals surface area (Å²) in [5, 5.41) is 0. The van der Waals surface area contributed by atoms with Crippen LogP contribution in [-0.4, -0.2) is 5.78 Å². The lowest BCUT2D eigenvalue weighted by molar-refractivity contribution is -0.141. The summed E-state index contributed by atoms with van der Waals surface area (Å²) in [6.45, 7) is 1.83. The molecule has 0 aromatic carbocycles. The van der Waals surface area contributed by atoms with Crippen molar-refractivity contribution in [1.29, 1.82) is 0 Å². The minimum Gasteiger partial charge on any atom is -0.299 e. The van der Waals surface area contributed by atoms with Gasteiger partial charge in [-0.3, -0.25) is 4.79 Å². The molecule has 4 rings (SSSR count). The lowest BCUT2D eigenvalue weighted by Gasteiger charge is -2.55. The number of hydrogen-bond acceptors (Lipinski definition) is 1. The van der Waals surface area contributed by atoms with Crippen LogP contribution in [0.1, 0.15) is 45.4 Å². The van der Waals surface area contributed by atoms with E-state index in [1.54, 1.807) is 0 Å². The number of hydrogen-bond donors (Lipinski definition) is 0. The van der Waals surface area contributed by atoms with Gasteiger partial charge < -0.3 is 0 Å². The second-order valence-corrected chi connectivity index (χ2v) is 5.75. The molecule has 0 unspecified atom stereocenters. The molecule has 4 fully saturated rings. The molecule has 4 aliphatic carbocycles. The van der Waals surface area contributed by atoms with Crippen molar-refractivity contribution in [2.75, 3.05) is 0 Å². The van der Waals surface area contributed by atoms with Crippen molar-refractivity contribution in [2.24, 2.45) is 23.2 Å². The fourth-order valence-electron chi connectivity index (χ4n) is 4.54. The molecule has 0 N–H and O–H groups in total. The molecule has 4 aliphatic rings. The van der Waals surface area contributed by atoms with Gasteiger partial charge in [0.25, 0.3) is 0 Å². The Morgan fingerprint density at radius 2 is 1.38 bits per heavy atom. The van der Waals surface area contributed by atoms with E-state index in [1.165, 1.54) is 38.5 Å². The van der Waals surface area contributed by atoms with Crippen LogP contribution in [0.15, 0.2) is 0 Å². The van der Waals surface area contributed by atoms with Crippen LogP contribution in [0, 0.1) is 23.2 Å². The maximum absolute atomic E-state index is 11.7. The first-order valence-electron chi connectivity index (χ1n) is 5.69. The van der Waals surface area contributed by atoms with Gasteiger partial charge in [0.2, 0.25) is 0 Å². The van der Waals surface area contributed by atoms with Gasteiger partial charge >= 0.3 is 0 Å². The quantitative estimate of drug-likeness (QED) is 0.603. The number of carbonyl (C=O) groups excluding carboxylic acids is 1. The number of Topliss-reactive ketones (excluding diaryl/α,β-unsaturated/α-hetero) is 1. The van der Waals surface area contributed by atoms with E-state index in [9.17, 15) is 4.79 Å². The van der Waals surface area contributed by atoms with Crippen LogP contribution in [0.3, 0.4) is 0 Å². The number of ketones is 1. The third-order valence-corrected chi connectivity index (χ3v) is 4.79. The minimum atomic E-state index is 0.161. The van der Waals surface area contributed by atoms with Gasteiger partial charge in [-0.15, -0.1) is 0 Å². The monoisotopic (exact) mass is 178 g/mol. The molecule has 0 aromatic heterocycles. The summed E-state index contributed by atoms with van der Waals surface area (Å²) in [4.78, 5) is 11.7. The van der Waals surface area contributed by atoms with Gasteiger partial charge in [-0.1, -0.05) is 0 Å². The van der Waals surface area contributed by atoms with E-state index >= 15 is 0 Å². The smallest absolute Gasteiger partial charge is 0.135 e. The van der Waals surface area contributed by atoms with E-state index in [4.69, 9.17) is 0 Å². The Hall–Kier alpha value is -0.330. The molecular weight excluding hydrogens is 160 g/mol. The summed E-state index contributed by atoms with van der Waals surface area (Å²) < 4.78 is 0. The van der Waals surface area contributed by atoms with E-state index in [0.717, 1.165) is 17.8 Å². The summed E-state index contributed by atoms with van der Waals surface area (Å²) in [5.41, 5.74) is 0.161. The molecule has 1 heteroatoms. The SMILES string of the molecule is CC(=O)[C@]12C[C@H]3C[C@H](C[C@H](C3)C1)C2. The maximum Gasteiger partial charge on any atom is 0.135 e. The zero-order valence-corrected chi connectivity index (χ0v) is 8.38. The number of carbonyl (C=O) groups is 1. The average molecular weight is 178 g/mol. The van der Waals surface area contributed by atoms with E-state index in [1.807, 2.05) is 6.92 Å². The van der Waals surface area contributed by atoms with Gasteiger partial charge in [0.15, 0.2) is 0 Å². The van der Waals surface area contributed by atoms with Crippen molar-refractivity contribution in [3.05, 3.63) is 0 Å². The zero-order chi connectivity index (χ0) is 9.05. The lowest BCUT2D eigenvalue weighted by atomic mass is 9.48. The van der Waals surface area contributed by atoms with Gasteiger partial charge in [0.1, 0.15) is 5.78 Å². The number of rotatable bonds is 1. The summed E-state index contributed by atoms with van der Waals surface area (Å²) in [6, 6.07) is 0. The highest BCUT2D eigenvalue weighted by molar-refractivity contribution is 5.82. The van der Waals surface area contributed by atoms with Crippen LogP contribution in [0.5, 0.6) is 0 Å². The summed E-state index contributed by atoms with van der Waals surface area (Å²) in [7, 11) is 0. The molecule has 72 valence electrons. The Morgan fingerprint density at radius 1 is 1.00 bits per heavy atom. The normalized spacial score (nSPS) is 52.5. The molecule has 4 bridgehead atoms. The van der Waals surface area contributed by atoms with Crippen LogP contribution in [0.2, 0.25) is 0 Å². The molecule has 0 aromatic rings. The largest absolute Gasteiger partial charge is 0.299 e. The van der Waals surface area contributed by atoms with Gasteiger partial charge in [-0.25, -0.2) is 0 Å². The van der Waals surface area contributed by atoms with Gasteiger partial charge in [0, 0.05) is 5.41 Å². The summed E-state index contributed by atoms with van der Waals surface area (Å²) >= 11 is 0.